The van der Waals surface area contributed by atoms with Gasteiger partial charge >= 0.3 is 0 Å². The van der Waals surface area contributed by atoms with Gasteiger partial charge in [0.05, 0.1) is 11.3 Å². The van der Waals surface area contributed by atoms with Crippen molar-refractivity contribution in [3.8, 4) is 0 Å². The first kappa shape index (κ1) is 20.4. The van der Waals surface area contributed by atoms with E-state index in [4.69, 9.17) is 0 Å². The average Bonchev–Trinajstić information content (AvgIpc) is 2.71. The second-order valence-electron chi connectivity index (χ2n) is 10.4. The monoisotopic (exact) mass is 426 g/mol. The zero-order chi connectivity index (χ0) is 20.7. The minimum atomic E-state index is 0.0605. The minimum absolute atomic E-state index is 0.0605. The van der Waals surface area contributed by atoms with Crippen LogP contribution in [0.3, 0.4) is 0 Å². The normalized spacial score (nSPS) is 34.8. The summed E-state index contributed by atoms with van der Waals surface area (Å²) in [6, 6.07) is 8.11. The summed E-state index contributed by atoms with van der Waals surface area (Å²) in [5, 5.41) is 3.46. The number of benzene rings is 1. The Kier molecular flexibility index (Phi) is 5.59. The predicted octanol–water partition coefficient (Wildman–Crippen LogP) is 4.88. The van der Waals surface area contributed by atoms with E-state index in [0.29, 0.717) is 11.8 Å². The molecule has 5 aliphatic rings. The molecule has 1 atom stereocenters. The number of hydrogen-bond donors (Lipinski definition) is 1. The number of nitrogens with one attached hydrogen (secondary N) is 1. The maximum atomic E-state index is 13.2. The molecule has 30 heavy (non-hydrogen) atoms. The highest BCUT2D eigenvalue weighted by Gasteiger charge is 2.51. The molecule has 5 heteroatoms. The topological polar surface area (TPSA) is 49.4 Å². The summed E-state index contributed by atoms with van der Waals surface area (Å²) in [5.41, 5.74) is 0.809. The summed E-state index contributed by atoms with van der Waals surface area (Å²) in [6.45, 7) is 2.98. The SMILES string of the molecule is CC1CCCCN1C(=O)c1ccccc1SCC(=O)NC12CC3CC(CC(C3)C1)C2. The summed E-state index contributed by atoms with van der Waals surface area (Å²) in [6.07, 6.45) is 11.0. The van der Waals surface area contributed by atoms with Gasteiger partial charge < -0.3 is 10.2 Å². The molecule has 1 N–H and O–H groups in total. The van der Waals surface area contributed by atoms with Crippen LogP contribution in [-0.2, 0) is 4.79 Å². The van der Waals surface area contributed by atoms with Crippen LogP contribution in [0.2, 0.25) is 0 Å². The zero-order valence-electron chi connectivity index (χ0n) is 18.1. The lowest BCUT2D eigenvalue weighted by atomic mass is 9.53. The second-order valence-corrected chi connectivity index (χ2v) is 11.4. The van der Waals surface area contributed by atoms with E-state index in [1.807, 2.05) is 29.2 Å². The molecule has 4 aliphatic carbocycles. The van der Waals surface area contributed by atoms with Gasteiger partial charge in [-0.3, -0.25) is 9.59 Å². The average molecular weight is 427 g/mol. The molecule has 162 valence electrons. The molecule has 0 radical (unpaired) electrons. The van der Waals surface area contributed by atoms with Crippen molar-refractivity contribution in [3.05, 3.63) is 29.8 Å². The Balaban J connectivity index is 1.23. The van der Waals surface area contributed by atoms with Gasteiger partial charge in [-0.15, -0.1) is 11.8 Å². The number of piperidine rings is 1. The molecule has 1 aromatic rings. The first-order chi connectivity index (χ1) is 14.5. The van der Waals surface area contributed by atoms with Crippen molar-refractivity contribution in [1.82, 2.24) is 10.2 Å². The van der Waals surface area contributed by atoms with Crippen molar-refractivity contribution in [1.29, 1.82) is 0 Å². The molecule has 1 aromatic carbocycles. The van der Waals surface area contributed by atoms with Gasteiger partial charge in [0.1, 0.15) is 0 Å². The Morgan fingerprint density at radius 2 is 1.73 bits per heavy atom. The van der Waals surface area contributed by atoms with Crippen LogP contribution < -0.4 is 5.32 Å². The lowest BCUT2D eigenvalue weighted by Gasteiger charge is -2.56. The molecular weight excluding hydrogens is 392 g/mol. The third-order valence-electron chi connectivity index (χ3n) is 7.98. The first-order valence-corrected chi connectivity index (χ1v) is 12.8. The summed E-state index contributed by atoms with van der Waals surface area (Å²) >= 11 is 1.52. The van der Waals surface area contributed by atoms with Gasteiger partial charge in [0, 0.05) is 23.0 Å². The molecular formula is C25H34N2O2S. The predicted molar refractivity (Wildman–Crippen MR) is 121 cm³/mol. The van der Waals surface area contributed by atoms with Crippen LogP contribution in [0.25, 0.3) is 0 Å². The fraction of sp³-hybridized carbons (Fsp3) is 0.680. The largest absolute Gasteiger partial charge is 0.350 e. The van der Waals surface area contributed by atoms with Crippen LogP contribution >= 0.6 is 11.8 Å². The third-order valence-corrected chi connectivity index (χ3v) is 9.06. The summed E-state index contributed by atoms with van der Waals surface area (Å²) in [4.78, 5) is 29.0. The van der Waals surface area contributed by atoms with Crippen molar-refractivity contribution in [3.63, 3.8) is 0 Å². The van der Waals surface area contributed by atoms with Crippen LogP contribution in [-0.4, -0.2) is 40.6 Å². The lowest BCUT2D eigenvalue weighted by molar-refractivity contribution is -0.124. The molecule has 4 saturated carbocycles. The van der Waals surface area contributed by atoms with Crippen LogP contribution in [0, 0.1) is 17.8 Å². The number of nitrogens with zero attached hydrogens (tertiary/aromatic N) is 1. The Morgan fingerprint density at radius 3 is 2.40 bits per heavy atom. The van der Waals surface area contributed by atoms with Gasteiger partial charge in [-0.2, -0.15) is 0 Å². The highest BCUT2D eigenvalue weighted by atomic mass is 32.2. The van der Waals surface area contributed by atoms with E-state index < -0.39 is 0 Å². The number of thioether (sulfide) groups is 1. The van der Waals surface area contributed by atoms with Crippen LogP contribution in [0.1, 0.15) is 75.1 Å². The van der Waals surface area contributed by atoms with Crippen LogP contribution in [0.5, 0.6) is 0 Å². The van der Waals surface area contributed by atoms with E-state index in [1.165, 1.54) is 56.7 Å². The van der Waals surface area contributed by atoms with E-state index in [-0.39, 0.29) is 17.4 Å². The maximum Gasteiger partial charge on any atom is 0.255 e. The zero-order valence-corrected chi connectivity index (χ0v) is 18.9. The lowest BCUT2D eigenvalue weighted by Crippen LogP contribution is -2.60. The summed E-state index contributed by atoms with van der Waals surface area (Å²) in [5.74, 6) is 3.13. The molecule has 1 heterocycles. The van der Waals surface area contributed by atoms with Crippen molar-refractivity contribution in [2.75, 3.05) is 12.3 Å². The highest BCUT2D eigenvalue weighted by molar-refractivity contribution is 8.00. The Bertz CT molecular complexity index is 788. The van der Waals surface area contributed by atoms with Crippen molar-refractivity contribution in [2.24, 2.45) is 17.8 Å². The van der Waals surface area contributed by atoms with E-state index in [0.717, 1.165) is 47.6 Å². The van der Waals surface area contributed by atoms with Crippen molar-refractivity contribution < 1.29 is 9.59 Å². The van der Waals surface area contributed by atoms with E-state index in [2.05, 4.69) is 12.2 Å². The smallest absolute Gasteiger partial charge is 0.255 e. The summed E-state index contributed by atoms with van der Waals surface area (Å²) < 4.78 is 0. The third kappa shape index (κ3) is 4.02. The second kappa shape index (κ2) is 8.22. The minimum Gasteiger partial charge on any atom is -0.350 e. The Morgan fingerprint density at radius 1 is 1.07 bits per heavy atom. The van der Waals surface area contributed by atoms with Gasteiger partial charge in [0.25, 0.3) is 5.91 Å². The number of likely N-dealkylation sites (tertiary alicyclic amines) is 1. The van der Waals surface area contributed by atoms with Gasteiger partial charge in [0.15, 0.2) is 0 Å². The number of carbonyl (C=O) groups excluding carboxylic acids is 2. The van der Waals surface area contributed by atoms with E-state index in [9.17, 15) is 9.59 Å². The Labute approximate surface area is 184 Å². The molecule has 1 unspecified atom stereocenters. The molecule has 5 fully saturated rings. The molecule has 4 bridgehead atoms. The molecule has 1 saturated heterocycles. The molecule has 2 amide bonds. The van der Waals surface area contributed by atoms with Gasteiger partial charge in [0.2, 0.25) is 5.91 Å². The first-order valence-electron chi connectivity index (χ1n) is 11.9. The molecule has 6 rings (SSSR count). The highest BCUT2D eigenvalue weighted by Crippen LogP contribution is 2.55. The van der Waals surface area contributed by atoms with Gasteiger partial charge in [-0.1, -0.05) is 12.1 Å². The van der Waals surface area contributed by atoms with Crippen LogP contribution in [0.4, 0.5) is 0 Å². The Hall–Kier alpha value is -1.49. The van der Waals surface area contributed by atoms with E-state index in [1.54, 1.807) is 0 Å². The fourth-order valence-corrected chi connectivity index (χ4v) is 7.91. The van der Waals surface area contributed by atoms with E-state index >= 15 is 0 Å². The number of rotatable bonds is 5. The molecule has 4 nitrogen and oxygen atoms in total. The summed E-state index contributed by atoms with van der Waals surface area (Å²) in [7, 11) is 0. The molecule has 0 aromatic heterocycles. The molecule has 0 spiro atoms. The van der Waals surface area contributed by atoms with Gasteiger partial charge in [-0.05, 0) is 94.6 Å². The quantitative estimate of drug-likeness (QED) is 0.683. The van der Waals surface area contributed by atoms with Crippen molar-refractivity contribution in [2.45, 2.75) is 81.2 Å². The standard InChI is InChI=1S/C25H34N2O2S/c1-17-6-4-5-9-27(17)24(29)21-7-2-3-8-22(21)30-16-23(28)26-25-13-18-10-19(14-25)12-20(11-18)15-25/h2-3,7-8,17-20H,4-6,9-16H2,1H3,(H,26,28). The molecule has 1 aliphatic heterocycles. The van der Waals surface area contributed by atoms with Crippen molar-refractivity contribution >= 4 is 23.6 Å². The number of carbonyl (C=O) groups is 2. The number of hydrogen-bond acceptors (Lipinski definition) is 3. The fourth-order valence-electron chi connectivity index (χ4n) is 7.06. The van der Waals surface area contributed by atoms with Crippen LogP contribution in [0.15, 0.2) is 29.2 Å². The number of amides is 2. The van der Waals surface area contributed by atoms with Gasteiger partial charge in [-0.25, -0.2) is 0 Å². The maximum absolute atomic E-state index is 13.2.